The smallest absolute Gasteiger partial charge is 0.277 e. The Morgan fingerprint density at radius 1 is 1.37 bits per heavy atom. The van der Waals surface area contributed by atoms with Crippen LogP contribution < -0.4 is 10.9 Å². The molecule has 0 bridgehead atoms. The third kappa shape index (κ3) is 3.35. The molecule has 1 aromatic carbocycles. The Bertz CT molecular complexity index is 1070. The summed E-state index contributed by atoms with van der Waals surface area (Å²) in [5.41, 5.74) is 1.96. The number of hydrogen-bond donors (Lipinski definition) is 2. The van der Waals surface area contributed by atoms with Gasteiger partial charge in [-0.1, -0.05) is 29.8 Å². The Morgan fingerprint density at radius 3 is 2.89 bits per heavy atom. The van der Waals surface area contributed by atoms with Gasteiger partial charge in [-0.15, -0.1) is 0 Å². The summed E-state index contributed by atoms with van der Waals surface area (Å²) in [5, 5.41) is 6.49. The Balaban J connectivity index is 1.40. The van der Waals surface area contributed by atoms with E-state index in [1.165, 1.54) is 10.8 Å². The number of aryl methyl sites for hydroxylation is 1. The molecule has 1 fully saturated rings. The van der Waals surface area contributed by atoms with Gasteiger partial charge in [0.25, 0.3) is 11.3 Å². The van der Waals surface area contributed by atoms with Gasteiger partial charge in [0, 0.05) is 29.0 Å². The first-order valence-corrected chi connectivity index (χ1v) is 9.31. The number of halogens is 1. The monoisotopic (exact) mass is 385 g/mol. The summed E-state index contributed by atoms with van der Waals surface area (Å²) in [7, 11) is 0. The molecule has 1 saturated carbocycles. The Kier molecular flexibility index (Phi) is 4.47. The lowest BCUT2D eigenvalue weighted by Crippen LogP contribution is -2.33. The highest BCUT2D eigenvalue weighted by Crippen LogP contribution is 2.49. The number of rotatable bonds is 6. The number of nitrogens with zero attached hydrogens (tertiary/aromatic N) is 3. The molecule has 2 aromatic heterocycles. The lowest BCUT2D eigenvalue weighted by Gasteiger charge is -2.18. The van der Waals surface area contributed by atoms with E-state index in [1.54, 1.807) is 6.92 Å². The number of benzene rings is 1. The first-order chi connectivity index (χ1) is 13.0. The van der Waals surface area contributed by atoms with Gasteiger partial charge in [-0.05, 0) is 37.8 Å². The standard InChI is InChI=1S/C19H20ClN5O2/c1-12-13(17(27)25-18(24-12)22-11-23-25)6-7-16(26)21-10-19(8-9-19)14-4-2-3-5-15(14)20/h2-5,11H,6-10H2,1H3,(H,21,26)(H,22,23,24). The lowest BCUT2D eigenvalue weighted by atomic mass is 9.95. The van der Waals surface area contributed by atoms with E-state index in [-0.39, 0.29) is 23.3 Å². The molecule has 27 heavy (non-hydrogen) atoms. The average molecular weight is 386 g/mol. The third-order valence-electron chi connectivity index (χ3n) is 5.26. The van der Waals surface area contributed by atoms with Crippen molar-refractivity contribution in [1.82, 2.24) is 24.9 Å². The van der Waals surface area contributed by atoms with E-state index in [0.29, 0.717) is 30.0 Å². The van der Waals surface area contributed by atoms with Gasteiger partial charge < -0.3 is 5.32 Å². The van der Waals surface area contributed by atoms with Crippen LogP contribution in [0.2, 0.25) is 5.02 Å². The van der Waals surface area contributed by atoms with Crippen LogP contribution in [0.25, 0.3) is 5.78 Å². The lowest BCUT2D eigenvalue weighted by molar-refractivity contribution is -0.121. The van der Waals surface area contributed by atoms with Crippen LogP contribution in [-0.4, -0.2) is 32.0 Å². The highest BCUT2D eigenvalue weighted by Gasteiger charge is 2.45. The zero-order valence-electron chi connectivity index (χ0n) is 15.0. The van der Waals surface area contributed by atoms with Crippen molar-refractivity contribution in [3.8, 4) is 0 Å². The number of aromatic amines is 1. The Morgan fingerprint density at radius 2 is 2.15 bits per heavy atom. The van der Waals surface area contributed by atoms with Crippen molar-refractivity contribution in [1.29, 1.82) is 0 Å². The number of hydrogen-bond acceptors (Lipinski definition) is 4. The fraction of sp³-hybridized carbons (Fsp3) is 0.368. The molecule has 1 aliphatic rings. The van der Waals surface area contributed by atoms with Crippen LogP contribution >= 0.6 is 11.6 Å². The van der Waals surface area contributed by atoms with Crippen LogP contribution in [0.15, 0.2) is 35.4 Å². The van der Waals surface area contributed by atoms with Gasteiger partial charge in [-0.3, -0.25) is 14.7 Å². The molecule has 1 amide bonds. The zero-order valence-corrected chi connectivity index (χ0v) is 15.7. The van der Waals surface area contributed by atoms with Crippen molar-refractivity contribution in [2.45, 2.75) is 38.0 Å². The molecule has 3 aromatic rings. The molecule has 0 radical (unpaired) electrons. The number of amides is 1. The number of nitrogens with one attached hydrogen (secondary N) is 2. The maximum atomic E-state index is 12.5. The number of aromatic nitrogens is 4. The highest BCUT2D eigenvalue weighted by molar-refractivity contribution is 6.31. The summed E-state index contributed by atoms with van der Waals surface area (Å²) in [6.45, 7) is 2.32. The predicted molar refractivity (Wildman–Crippen MR) is 102 cm³/mol. The molecule has 2 N–H and O–H groups in total. The third-order valence-corrected chi connectivity index (χ3v) is 5.59. The summed E-state index contributed by atoms with van der Waals surface area (Å²) in [4.78, 5) is 33.1. The summed E-state index contributed by atoms with van der Waals surface area (Å²) in [6, 6.07) is 7.79. The largest absolute Gasteiger partial charge is 0.355 e. The van der Waals surface area contributed by atoms with Crippen molar-refractivity contribution in [3.63, 3.8) is 0 Å². The summed E-state index contributed by atoms with van der Waals surface area (Å²) < 4.78 is 1.29. The fourth-order valence-corrected chi connectivity index (χ4v) is 3.80. The molecule has 0 unspecified atom stereocenters. The summed E-state index contributed by atoms with van der Waals surface area (Å²) in [6.07, 6.45) is 4.01. The first-order valence-electron chi connectivity index (χ1n) is 8.93. The first kappa shape index (κ1) is 17.7. The van der Waals surface area contributed by atoms with Gasteiger partial charge in [-0.25, -0.2) is 9.97 Å². The van der Waals surface area contributed by atoms with Gasteiger partial charge >= 0.3 is 0 Å². The van der Waals surface area contributed by atoms with Crippen LogP contribution in [0, 0.1) is 6.92 Å². The van der Waals surface area contributed by atoms with E-state index in [0.717, 1.165) is 23.4 Å². The minimum Gasteiger partial charge on any atom is -0.355 e. The quantitative estimate of drug-likeness (QED) is 0.680. The van der Waals surface area contributed by atoms with Crippen LogP contribution in [-0.2, 0) is 16.6 Å². The minimum absolute atomic E-state index is 0.0557. The van der Waals surface area contributed by atoms with Crippen molar-refractivity contribution in [3.05, 3.63) is 62.8 Å². The molecule has 8 heteroatoms. The van der Waals surface area contributed by atoms with Gasteiger partial charge in [0.2, 0.25) is 5.91 Å². The van der Waals surface area contributed by atoms with E-state index >= 15 is 0 Å². The van der Waals surface area contributed by atoms with Crippen molar-refractivity contribution < 1.29 is 4.79 Å². The second-order valence-corrected chi connectivity index (χ2v) is 7.45. The Hall–Kier alpha value is -2.67. The second-order valence-electron chi connectivity index (χ2n) is 7.04. The number of carbonyl (C=O) groups is 1. The molecule has 0 atom stereocenters. The van der Waals surface area contributed by atoms with E-state index in [2.05, 4.69) is 20.4 Å². The minimum atomic E-state index is -0.211. The van der Waals surface area contributed by atoms with E-state index in [9.17, 15) is 9.59 Å². The van der Waals surface area contributed by atoms with Gasteiger partial charge in [0.05, 0.1) is 5.69 Å². The number of fused-ring (bicyclic) bond motifs is 1. The maximum absolute atomic E-state index is 12.5. The van der Waals surface area contributed by atoms with Crippen LogP contribution in [0.5, 0.6) is 0 Å². The van der Waals surface area contributed by atoms with Gasteiger partial charge in [-0.2, -0.15) is 4.52 Å². The highest BCUT2D eigenvalue weighted by atomic mass is 35.5. The second kappa shape index (κ2) is 6.81. The van der Waals surface area contributed by atoms with Crippen LogP contribution in [0.3, 0.4) is 0 Å². The molecule has 2 heterocycles. The van der Waals surface area contributed by atoms with Crippen molar-refractivity contribution in [2.24, 2.45) is 0 Å². The van der Waals surface area contributed by atoms with E-state index in [4.69, 9.17) is 11.6 Å². The fourth-order valence-electron chi connectivity index (χ4n) is 3.46. The number of H-pyrrole nitrogens is 1. The molecule has 0 saturated heterocycles. The van der Waals surface area contributed by atoms with E-state index < -0.39 is 0 Å². The molecule has 0 aliphatic heterocycles. The number of carbonyl (C=O) groups excluding carboxylic acids is 1. The van der Waals surface area contributed by atoms with E-state index in [1.807, 2.05) is 24.3 Å². The molecular weight excluding hydrogens is 366 g/mol. The predicted octanol–water partition coefficient (Wildman–Crippen LogP) is 2.16. The topological polar surface area (TPSA) is 92.2 Å². The molecule has 7 nitrogen and oxygen atoms in total. The molecule has 1 aliphatic carbocycles. The van der Waals surface area contributed by atoms with Gasteiger partial charge in [0.15, 0.2) is 0 Å². The van der Waals surface area contributed by atoms with Crippen LogP contribution in [0.4, 0.5) is 0 Å². The summed E-state index contributed by atoms with van der Waals surface area (Å²) in [5.74, 6) is 0.253. The molecule has 4 rings (SSSR count). The zero-order chi connectivity index (χ0) is 19.0. The average Bonchev–Trinajstić information content (AvgIpc) is 3.29. The molecular formula is C19H20ClN5O2. The summed E-state index contributed by atoms with van der Waals surface area (Å²) >= 11 is 6.31. The molecule has 140 valence electrons. The van der Waals surface area contributed by atoms with Gasteiger partial charge in [0.1, 0.15) is 6.33 Å². The van der Waals surface area contributed by atoms with Crippen molar-refractivity contribution in [2.75, 3.05) is 6.54 Å². The molecule has 0 spiro atoms. The SMILES string of the molecule is Cc1nc2nc[nH]n2c(=O)c1CCC(=O)NCC1(c2ccccc2Cl)CC1. The van der Waals surface area contributed by atoms with Crippen LogP contribution in [0.1, 0.15) is 36.1 Å². The normalized spacial score (nSPS) is 15.0. The Labute approximate surface area is 160 Å². The maximum Gasteiger partial charge on any atom is 0.277 e. The van der Waals surface area contributed by atoms with Crippen molar-refractivity contribution >= 4 is 23.3 Å².